The number of hydrogen-bond donors (Lipinski definition) is 1. The fourth-order valence-corrected chi connectivity index (χ4v) is 2.51. The topological polar surface area (TPSA) is 54.4 Å². The number of rotatable bonds is 1. The quantitative estimate of drug-likeness (QED) is 0.620. The molecule has 1 aromatic carbocycles. The van der Waals surface area contributed by atoms with Gasteiger partial charge in [0.15, 0.2) is 0 Å². The van der Waals surface area contributed by atoms with Gasteiger partial charge in [0.2, 0.25) is 0 Å². The molecule has 0 unspecified atom stereocenters. The zero-order valence-electron chi connectivity index (χ0n) is 11.0. The first-order valence-corrected chi connectivity index (χ1v) is 6.65. The minimum Gasteiger partial charge on any atom is -0.282 e. The third-order valence-electron chi connectivity index (χ3n) is 1.86. The Balaban J connectivity index is 0. The Morgan fingerprint density at radius 1 is 1.00 bits per heavy atom. The monoisotopic (exact) mass is 256 g/mol. The van der Waals surface area contributed by atoms with Crippen LogP contribution < -0.4 is 0 Å². The lowest BCUT2D eigenvalue weighted by atomic mass is 10.1. The van der Waals surface area contributed by atoms with Gasteiger partial charge in [0, 0.05) is 0 Å². The molecule has 0 saturated heterocycles. The van der Waals surface area contributed by atoms with Gasteiger partial charge >= 0.3 is 0 Å². The Morgan fingerprint density at radius 3 is 1.53 bits per heavy atom. The molecule has 0 aromatic heterocycles. The average Bonchev–Trinajstić information content (AvgIpc) is 2.19. The lowest BCUT2D eigenvalue weighted by Crippen LogP contribution is -2.04. The summed E-state index contributed by atoms with van der Waals surface area (Å²) >= 11 is 0. The van der Waals surface area contributed by atoms with Crippen molar-refractivity contribution in [2.45, 2.75) is 39.5 Å². The van der Waals surface area contributed by atoms with Crippen LogP contribution in [0.2, 0.25) is 0 Å². The molecule has 4 heteroatoms. The number of aryl methyl sites for hydroxylation is 3. The Bertz CT molecular complexity index is 448. The molecular formula is C13H20O3S. The van der Waals surface area contributed by atoms with Gasteiger partial charge in [-0.3, -0.25) is 4.55 Å². The molecule has 1 N–H and O–H groups in total. The van der Waals surface area contributed by atoms with E-state index in [2.05, 4.69) is 12.8 Å². The summed E-state index contributed by atoms with van der Waals surface area (Å²) in [6.07, 6.45) is 8.00. The molecular weight excluding hydrogens is 236 g/mol. The van der Waals surface area contributed by atoms with Gasteiger partial charge in [-0.25, -0.2) is 0 Å². The first-order chi connectivity index (χ1) is 7.82. The highest BCUT2D eigenvalue weighted by atomic mass is 32.2. The fourth-order valence-electron chi connectivity index (χ4n) is 1.57. The molecule has 0 heterocycles. The van der Waals surface area contributed by atoms with E-state index in [0.29, 0.717) is 11.1 Å². The minimum atomic E-state index is -4.08. The van der Waals surface area contributed by atoms with Gasteiger partial charge < -0.3 is 0 Å². The van der Waals surface area contributed by atoms with E-state index in [0.717, 1.165) is 5.56 Å². The zero-order valence-corrected chi connectivity index (χ0v) is 11.8. The highest BCUT2D eigenvalue weighted by Crippen LogP contribution is 2.20. The van der Waals surface area contributed by atoms with Crippen LogP contribution in [-0.2, 0) is 10.1 Å². The molecule has 0 bridgehead atoms. The molecule has 0 aliphatic heterocycles. The first kappa shape index (κ1) is 18.1. The predicted octanol–water partition coefficient (Wildman–Crippen LogP) is 3.13. The molecule has 0 spiro atoms. The first-order valence-electron chi connectivity index (χ1n) is 5.21. The summed E-state index contributed by atoms with van der Waals surface area (Å²) in [6.45, 7) is 9.22. The van der Waals surface area contributed by atoms with Crippen molar-refractivity contribution in [3.63, 3.8) is 0 Å². The lowest BCUT2D eigenvalue weighted by molar-refractivity contribution is 0.482. The molecule has 1 rings (SSSR count). The Kier molecular flexibility index (Phi) is 8.38. The Labute approximate surface area is 105 Å². The van der Waals surface area contributed by atoms with Gasteiger partial charge in [-0.05, 0) is 31.9 Å². The van der Waals surface area contributed by atoms with Gasteiger partial charge in [0.05, 0.1) is 4.90 Å². The zero-order chi connectivity index (χ0) is 14.2. The Hall–Kier alpha value is -1.31. The van der Waals surface area contributed by atoms with Gasteiger partial charge in [-0.1, -0.05) is 31.5 Å². The highest BCUT2D eigenvalue weighted by molar-refractivity contribution is 7.86. The van der Waals surface area contributed by atoms with Crippen LogP contribution in [-0.4, -0.2) is 13.0 Å². The van der Waals surface area contributed by atoms with Crippen molar-refractivity contribution in [3.8, 4) is 12.8 Å². The summed E-state index contributed by atoms with van der Waals surface area (Å²) in [5.41, 5.74) is 2.16. The second-order valence-corrected chi connectivity index (χ2v) is 4.56. The van der Waals surface area contributed by atoms with Gasteiger partial charge in [-0.15, -0.1) is 12.8 Å². The number of hydrogen-bond acceptors (Lipinski definition) is 2. The lowest BCUT2D eigenvalue weighted by Gasteiger charge is -2.07. The number of terminal acetylenes is 1. The van der Waals surface area contributed by atoms with E-state index in [1.165, 1.54) is 0 Å². The summed E-state index contributed by atoms with van der Waals surface area (Å²) in [4.78, 5) is 0.0260. The van der Waals surface area contributed by atoms with Crippen LogP contribution in [0.15, 0.2) is 17.0 Å². The van der Waals surface area contributed by atoms with Crippen molar-refractivity contribution in [3.05, 3.63) is 28.8 Å². The van der Waals surface area contributed by atoms with E-state index in [9.17, 15) is 8.42 Å². The van der Waals surface area contributed by atoms with Crippen molar-refractivity contribution < 1.29 is 13.0 Å². The van der Waals surface area contributed by atoms with Crippen molar-refractivity contribution in [2.24, 2.45) is 0 Å². The van der Waals surface area contributed by atoms with Gasteiger partial charge in [-0.2, -0.15) is 8.42 Å². The molecule has 0 atom stereocenters. The Morgan fingerprint density at radius 2 is 1.29 bits per heavy atom. The maximum Gasteiger partial charge on any atom is 0.295 e. The van der Waals surface area contributed by atoms with Crippen LogP contribution in [0.25, 0.3) is 0 Å². The summed E-state index contributed by atoms with van der Waals surface area (Å²) in [5, 5.41) is 0. The molecule has 17 heavy (non-hydrogen) atoms. The largest absolute Gasteiger partial charge is 0.295 e. The van der Waals surface area contributed by atoms with E-state index < -0.39 is 10.1 Å². The molecule has 1 aromatic rings. The van der Waals surface area contributed by atoms with Gasteiger partial charge in [0.1, 0.15) is 0 Å². The van der Waals surface area contributed by atoms with Crippen molar-refractivity contribution in [1.82, 2.24) is 0 Å². The highest BCUT2D eigenvalue weighted by Gasteiger charge is 2.15. The van der Waals surface area contributed by atoms with Crippen LogP contribution >= 0.6 is 0 Å². The molecule has 0 aliphatic carbocycles. The molecule has 0 radical (unpaired) electrons. The van der Waals surface area contributed by atoms with Gasteiger partial charge in [0.25, 0.3) is 10.1 Å². The second kappa shape index (κ2) is 7.88. The molecule has 0 saturated carbocycles. The summed E-state index contributed by atoms with van der Waals surface area (Å²) in [7, 11) is -4.08. The summed E-state index contributed by atoms with van der Waals surface area (Å²) in [6, 6.07) is 3.46. The van der Waals surface area contributed by atoms with Crippen LogP contribution in [0.4, 0.5) is 0 Å². The van der Waals surface area contributed by atoms with Crippen molar-refractivity contribution in [1.29, 1.82) is 0 Å². The van der Waals surface area contributed by atoms with E-state index >= 15 is 0 Å². The van der Waals surface area contributed by atoms with Crippen LogP contribution in [0.3, 0.4) is 0 Å². The maximum absolute atomic E-state index is 10.9. The summed E-state index contributed by atoms with van der Waals surface area (Å²) in [5.74, 6) is 0. The molecule has 0 fully saturated rings. The molecule has 0 aliphatic rings. The second-order valence-electron chi connectivity index (χ2n) is 3.20. The SMILES string of the molecule is C#C.CC.Cc1cc(C)c(S(=O)(=O)O)c(C)c1. The standard InChI is InChI=1S/C9H12O3S.C2H6.C2H2/c1-6-4-7(2)9(8(3)5-6)13(10,11)12;2*1-2/h4-5H,1-3H3,(H,10,11,12);1-2H3;1-2H. The molecule has 3 nitrogen and oxygen atoms in total. The smallest absolute Gasteiger partial charge is 0.282 e. The predicted molar refractivity (Wildman–Crippen MR) is 71.7 cm³/mol. The van der Waals surface area contributed by atoms with Crippen LogP contribution in [0.1, 0.15) is 30.5 Å². The van der Waals surface area contributed by atoms with Crippen molar-refractivity contribution in [2.75, 3.05) is 0 Å². The van der Waals surface area contributed by atoms with Crippen LogP contribution in [0, 0.1) is 33.6 Å². The molecule has 96 valence electrons. The third-order valence-corrected chi connectivity index (χ3v) is 3.02. The van der Waals surface area contributed by atoms with E-state index in [1.54, 1.807) is 26.0 Å². The van der Waals surface area contributed by atoms with E-state index in [1.807, 2.05) is 20.8 Å². The van der Waals surface area contributed by atoms with E-state index in [4.69, 9.17) is 4.55 Å². The minimum absolute atomic E-state index is 0.0260. The maximum atomic E-state index is 10.9. The fraction of sp³-hybridized carbons (Fsp3) is 0.385. The molecule has 0 amide bonds. The normalized spacial score (nSPS) is 9.41. The number of benzene rings is 1. The van der Waals surface area contributed by atoms with Crippen LogP contribution in [0.5, 0.6) is 0 Å². The third kappa shape index (κ3) is 5.53. The van der Waals surface area contributed by atoms with Crippen molar-refractivity contribution >= 4 is 10.1 Å². The average molecular weight is 256 g/mol. The summed E-state index contributed by atoms with van der Waals surface area (Å²) < 4.78 is 30.8. The van der Waals surface area contributed by atoms with E-state index in [-0.39, 0.29) is 4.90 Å².